The van der Waals surface area contributed by atoms with Gasteiger partial charge in [0.05, 0.1) is 0 Å². The van der Waals surface area contributed by atoms with E-state index >= 15 is 0 Å². The van der Waals surface area contributed by atoms with Gasteiger partial charge in [-0.1, -0.05) is 13.4 Å². The molecule has 0 amide bonds. The van der Waals surface area contributed by atoms with Gasteiger partial charge in [-0.05, 0) is 0 Å². The summed E-state index contributed by atoms with van der Waals surface area (Å²) in [5.74, 6) is 0. The minimum absolute atomic E-state index is 0. The van der Waals surface area contributed by atoms with Gasteiger partial charge >= 0.3 is 0 Å². The van der Waals surface area contributed by atoms with Crippen LogP contribution in [-0.2, 0) is 5.48 Å². The van der Waals surface area contributed by atoms with E-state index in [0.717, 1.165) is 0 Å². The van der Waals surface area contributed by atoms with Crippen LogP contribution in [0.4, 0.5) is 13.4 Å². The molecule has 0 spiro atoms. The van der Waals surface area contributed by atoms with Gasteiger partial charge in [0.15, 0.2) is 5.57 Å². The van der Waals surface area contributed by atoms with E-state index < -0.39 is 5.57 Å². The summed E-state index contributed by atoms with van der Waals surface area (Å²) in [5, 5.41) is 0. The second-order valence-corrected chi connectivity index (χ2v) is 0.192. The molecule has 0 aliphatic heterocycles. The van der Waals surface area contributed by atoms with Crippen molar-refractivity contribution in [2.75, 3.05) is 0 Å². The Morgan fingerprint density at radius 3 is 1.00 bits per heavy atom. The van der Waals surface area contributed by atoms with E-state index in [1.807, 2.05) is 0 Å². The average molecular weight is 127 g/mol. The van der Waals surface area contributed by atoms with Gasteiger partial charge in [0.25, 0.3) is 0 Å². The monoisotopic (exact) mass is 127 g/mol. The number of rotatable bonds is 0. The summed E-state index contributed by atoms with van der Waals surface area (Å²) in [6.07, 6.45) is 0. The molecule has 0 aliphatic carbocycles. The summed E-state index contributed by atoms with van der Waals surface area (Å²) in [6, 6.07) is 0. The van der Waals surface area contributed by atoms with Gasteiger partial charge in [-0.2, -0.15) is 0 Å². The molecule has 6 heteroatoms. The first-order chi connectivity index (χ1) is 1.73. The van der Waals surface area contributed by atoms with Crippen molar-refractivity contribution in [2.45, 2.75) is 0 Å². The number of halogens is 3. The molecule has 0 rings (SSSR count). The molecule has 0 N–H and O–H groups in total. The summed E-state index contributed by atoms with van der Waals surface area (Å²) >= 11 is 0. The topological polar surface area (TPSA) is 31.7 Å². The molecule has 0 unspecified atom stereocenters. The first kappa shape index (κ1) is 15.8. The SMILES string of the molecule is FN(F)F.[Ar].[O]. The van der Waals surface area contributed by atoms with Crippen LogP contribution in [-0.4, -0.2) is 5.57 Å². The summed E-state index contributed by atoms with van der Waals surface area (Å²) in [4.78, 5) is 0. The van der Waals surface area contributed by atoms with Gasteiger partial charge in [-0.15, -0.1) is 0 Å². The van der Waals surface area contributed by atoms with Crippen LogP contribution in [0.1, 0.15) is 0 Å². The fraction of sp³-hybridized carbons (Fsp3) is 0. The van der Waals surface area contributed by atoms with E-state index in [2.05, 4.69) is 0 Å². The Kier molecular flexibility index (Phi) is 24.6. The van der Waals surface area contributed by atoms with Gasteiger partial charge in [-0.25, -0.2) is 0 Å². The molecular formula is ArF3NO. The van der Waals surface area contributed by atoms with Gasteiger partial charge in [0, 0.05) is 43.2 Å². The zero-order valence-corrected chi connectivity index (χ0v) is 3.05. The average Bonchev–Trinajstić information content (AvgIpc) is 0.811. The van der Waals surface area contributed by atoms with Crippen molar-refractivity contribution in [2.24, 2.45) is 0 Å². The molecule has 6 heavy (non-hydrogen) atoms. The molecule has 40 valence electrons. The fourth-order valence-corrected chi connectivity index (χ4v) is 0. The molecule has 0 aromatic carbocycles. The van der Waals surface area contributed by atoms with Crippen LogP contribution < -0.4 is 0 Å². The summed E-state index contributed by atoms with van der Waals surface area (Å²) < 4.78 is 28.5. The zero-order valence-electron chi connectivity index (χ0n) is 2.34. The molecule has 0 aromatic heterocycles. The van der Waals surface area contributed by atoms with Gasteiger partial charge in [0.1, 0.15) is 0 Å². The Labute approximate surface area is 62.0 Å². The maximum absolute atomic E-state index is 9.50. The molecule has 0 atom stereocenters. The van der Waals surface area contributed by atoms with Crippen LogP contribution in [0.3, 0.4) is 0 Å². The molecule has 0 saturated carbocycles. The van der Waals surface area contributed by atoms with Crippen molar-refractivity contribution < 1.29 is 56.7 Å². The molecular weight excluding hydrogens is 127 g/mol. The third kappa shape index (κ3) is 83.3. The fourth-order valence-electron chi connectivity index (χ4n) is 0. The third-order valence-electron chi connectivity index (χ3n) is 0. The Hall–Kier alpha value is 0.970. The van der Waals surface area contributed by atoms with E-state index in [4.69, 9.17) is 0 Å². The normalized spacial score (nSPS) is 6.00. The van der Waals surface area contributed by atoms with Crippen LogP contribution in [0.2, 0.25) is 0 Å². The van der Waals surface area contributed by atoms with E-state index in [0.29, 0.717) is 0 Å². The second kappa shape index (κ2) is 9.36. The van der Waals surface area contributed by atoms with Crippen LogP contribution >= 0.6 is 0 Å². The molecule has 2 radical (unpaired) electrons. The van der Waals surface area contributed by atoms with Crippen molar-refractivity contribution in [3.8, 4) is 0 Å². The van der Waals surface area contributed by atoms with Crippen molar-refractivity contribution in [3.63, 3.8) is 0 Å². The largest absolute Gasteiger partial charge is 0.199 e. The van der Waals surface area contributed by atoms with E-state index in [1.54, 1.807) is 0 Å². The van der Waals surface area contributed by atoms with E-state index in [-0.39, 0.29) is 43.2 Å². The molecule has 0 aromatic rings. The molecule has 2 nitrogen and oxygen atoms in total. The zero-order chi connectivity index (χ0) is 3.58. The first-order valence-corrected chi connectivity index (χ1v) is 0.507. The standard InChI is InChI=1S/Ar.F3N.O/c;1-4(2)3;. The van der Waals surface area contributed by atoms with E-state index in [1.165, 1.54) is 0 Å². The van der Waals surface area contributed by atoms with Crippen molar-refractivity contribution in [3.05, 3.63) is 0 Å². The second-order valence-electron chi connectivity index (χ2n) is 0.192. The molecule has 0 fully saturated rings. The number of hydrogen-bond donors (Lipinski definition) is 0. The molecule has 0 heterocycles. The van der Waals surface area contributed by atoms with Gasteiger partial charge < -0.3 is 0 Å². The Balaban J connectivity index is -0.0000000450. The van der Waals surface area contributed by atoms with Crippen LogP contribution in [0.25, 0.3) is 0 Å². The van der Waals surface area contributed by atoms with Crippen molar-refractivity contribution >= 4 is 0 Å². The van der Waals surface area contributed by atoms with E-state index in [9.17, 15) is 13.4 Å². The summed E-state index contributed by atoms with van der Waals surface area (Å²) in [5.41, 5.74) is -2.50. The van der Waals surface area contributed by atoms with Crippen LogP contribution in [0, 0.1) is 37.7 Å². The minimum atomic E-state index is -2.50. The van der Waals surface area contributed by atoms with Gasteiger partial charge in [-0.3, -0.25) is 0 Å². The minimum Gasteiger partial charge on any atom is -0.0662 e. The molecule has 0 saturated heterocycles. The third-order valence-corrected chi connectivity index (χ3v) is 0. The number of hydrogen-bond acceptors (Lipinski definition) is 1. The first-order valence-electron chi connectivity index (χ1n) is 0.507. The Bertz CT molecular complexity index is 15.5. The number of nitrogens with zero attached hydrogens (tertiary/aromatic N) is 1. The molecule has 0 bridgehead atoms. The molecule has 0 aliphatic rings. The predicted molar refractivity (Wildman–Crippen MR) is 5.85 cm³/mol. The Morgan fingerprint density at radius 2 is 1.00 bits per heavy atom. The van der Waals surface area contributed by atoms with Gasteiger partial charge in [0.2, 0.25) is 0 Å². The van der Waals surface area contributed by atoms with Crippen LogP contribution in [0.15, 0.2) is 0 Å². The van der Waals surface area contributed by atoms with Crippen LogP contribution in [0.5, 0.6) is 0 Å². The maximum Gasteiger partial charge on any atom is 0.199 e. The Morgan fingerprint density at radius 1 is 1.00 bits per heavy atom. The van der Waals surface area contributed by atoms with Crippen molar-refractivity contribution in [1.29, 1.82) is 0 Å². The quantitative estimate of drug-likeness (QED) is 0.443. The summed E-state index contributed by atoms with van der Waals surface area (Å²) in [7, 11) is 0. The summed E-state index contributed by atoms with van der Waals surface area (Å²) in [6.45, 7) is 0. The predicted octanol–water partition coefficient (Wildman–Crippen LogP) is 0.823. The van der Waals surface area contributed by atoms with Crippen molar-refractivity contribution in [1.82, 2.24) is 5.57 Å². The smallest absolute Gasteiger partial charge is 0.0662 e. The maximum atomic E-state index is 9.50.